The molecule has 0 radical (unpaired) electrons. The van der Waals surface area contributed by atoms with Crippen LogP contribution in [0, 0.1) is 5.92 Å². The lowest BCUT2D eigenvalue weighted by Gasteiger charge is -2.31. The summed E-state index contributed by atoms with van der Waals surface area (Å²) >= 11 is 0. The Labute approximate surface area is 118 Å². The van der Waals surface area contributed by atoms with Crippen molar-refractivity contribution in [1.82, 2.24) is 5.32 Å². The fourth-order valence-corrected chi connectivity index (χ4v) is 2.62. The first-order valence-corrected chi connectivity index (χ1v) is 6.89. The highest BCUT2D eigenvalue weighted by atomic mass is 16.4. The number of amides is 1. The van der Waals surface area contributed by atoms with Crippen LogP contribution in [-0.2, 0) is 9.59 Å². The van der Waals surface area contributed by atoms with Crippen LogP contribution in [0.4, 0.5) is 5.69 Å². The number of carboxylic acid groups (broad SMARTS) is 1. The molecule has 20 heavy (non-hydrogen) atoms. The van der Waals surface area contributed by atoms with Crippen LogP contribution in [0.3, 0.4) is 0 Å². The maximum absolute atomic E-state index is 12.6. The number of piperidine rings is 1. The van der Waals surface area contributed by atoms with Gasteiger partial charge in [0.25, 0.3) is 0 Å². The molecule has 108 valence electrons. The van der Waals surface area contributed by atoms with Crippen molar-refractivity contribution in [3.8, 4) is 0 Å². The number of carbonyl (C=O) groups is 2. The van der Waals surface area contributed by atoms with Gasteiger partial charge >= 0.3 is 5.97 Å². The van der Waals surface area contributed by atoms with Crippen molar-refractivity contribution in [1.29, 1.82) is 0 Å². The zero-order valence-corrected chi connectivity index (χ0v) is 11.6. The Kier molecular flexibility index (Phi) is 4.74. The van der Waals surface area contributed by atoms with Gasteiger partial charge < -0.3 is 15.3 Å². The second-order valence-electron chi connectivity index (χ2n) is 5.23. The number of rotatable bonds is 4. The first-order valence-electron chi connectivity index (χ1n) is 6.89. The molecular weight excluding hydrogens is 256 g/mol. The fraction of sp³-hybridized carbons (Fsp3) is 0.467. The number of carbonyl (C=O) groups excluding carboxylic acids is 1. The molecule has 1 fully saturated rings. The molecule has 0 spiro atoms. The molecule has 2 atom stereocenters. The van der Waals surface area contributed by atoms with Crippen molar-refractivity contribution >= 4 is 17.6 Å². The zero-order valence-electron chi connectivity index (χ0n) is 11.6. The van der Waals surface area contributed by atoms with E-state index in [0.29, 0.717) is 11.7 Å². The molecule has 1 heterocycles. The van der Waals surface area contributed by atoms with E-state index in [1.165, 1.54) is 4.90 Å². The second-order valence-corrected chi connectivity index (χ2v) is 5.23. The van der Waals surface area contributed by atoms with Crippen molar-refractivity contribution in [2.75, 3.05) is 18.0 Å². The Morgan fingerprint density at radius 3 is 2.65 bits per heavy atom. The predicted molar refractivity (Wildman–Crippen MR) is 76.6 cm³/mol. The summed E-state index contributed by atoms with van der Waals surface area (Å²) in [5.74, 6) is -1.19. The van der Waals surface area contributed by atoms with Gasteiger partial charge in [0.2, 0.25) is 5.91 Å². The van der Waals surface area contributed by atoms with Gasteiger partial charge in [-0.15, -0.1) is 0 Å². The third-order valence-corrected chi connectivity index (χ3v) is 3.60. The molecule has 0 saturated carbocycles. The molecule has 0 bridgehead atoms. The van der Waals surface area contributed by atoms with Crippen molar-refractivity contribution in [3.63, 3.8) is 0 Å². The standard InChI is InChI=1S/C15H20N2O3/c1-11-9-12(7-8-16-11)15(20)17(10-14(18)19)13-5-3-2-4-6-13/h2-6,11-12,16H,7-10H2,1H3,(H,18,19). The first-order chi connectivity index (χ1) is 9.58. The Bertz CT molecular complexity index is 475. The number of benzene rings is 1. The number of hydrogen-bond acceptors (Lipinski definition) is 3. The molecular formula is C15H20N2O3. The van der Waals surface area contributed by atoms with E-state index in [2.05, 4.69) is 5.32 Å². The van der Waals surface area contributed by atoms with E-state index in [0.717, 1.165) is 19.4 Å². The summed E-state index contributed by atoms with van der Waals surface area (Å²) in [5, 5.41) is 12.3. The SMILES string of the molecule is CC1CC(C(=O)N(CC(=O)O)c2ccccc2)CCN1. The van der Waals surface area contributed by atoms with E-state index in [1.54, 1.807) is 12.1 Å². The number of nitrogens with one attached hydrogen (secondary N) is 1. The lowest BCUT2D eigenvalue weighted by Crippen LogP contribution is -2.45. The molecule has 1 aliphatic heterocycles. The molecule has 1 aromatic carbocycles. The molecule has 5 heteroatoms. The van der Waals surface area contributed by atoms with Gasteiger partial charge in [0.15, 0.2) is 0 Å². The van der Waals surface area contributed by atoms with Gasteiger partial charge in [0.1, 0.15) is 6.54 Å². The average Bonchev–Trinajstić information content (AvgIpc) is 2.45. The summed E-state index contributed by atoms with van der Waals surface area (Å²) in [6.07, 6.45) is 1.51. The van der Waals surface area contributed by atoms with Crippen molar-refractivity contribution < 1.29 is 14.7 Å². The molecule has 5 nitrogen and oxygen atoms in total. The van der Waals surface area contributed by atoms with E-state index in [1.807, 2.05) is 25.1 Å². The quantitative estimate of drug-likeness (QED) is 0.874. The predicted octanol–water partition coefficient (Wildman–Crippen LogP) is 1.49. The van der Waals surface area contributed by atoms with E-state index in [4.69, 9.17) is 5.11 Å². The lowest BCUT2D eigenvalue weighted by molar-refractivity contribution is -0.137. The number of carboxylic acids is 1. The van der Waals surface area contributed by atoms with E-state index in [9.17, 15) is 9.59 Å². The van der Waals surface area contributed by atoms with Crippen LogP contribution >= 0.6 is 0 Å². The topological polar surface area (TPSA) is 69.6 Å². The monoisotopic (exact) mass is 276 g/mol. The smallest absolute Gasteiger partial charge is 0.323 e. The Morgan fingerprint density at radius 1 is 1.35 bits per heavy atom. The van der Waals surface area contributed by atoms with Gasteiger partial charge in [0.05, 0.1) is 0 Å². The highest BCUT2D eigenvalue weighted by Gasteiger charge is 2.30. The molecule has 2 N–H and O–H groups in total. The van der Waals surface area contributed by atoms with E-state index < -0.39 is 5.97 Å². The number of anilines is 1. The number of hydrogen-bond donors (Lipinski definition) is 2. The highest BCUT2D eigenvalue weighted by Crippen LogP contribution is 2.22. The third kappa shape index (κ3) is 3.57. The summed E-state index contributed by atoms with van der Waals surface area (Å²) in [5.41, 5.74) is 0.645. The molecule has 2 unspecified atom stereocenters. The van der Waals surface area contributed by atoms with E-state index >= 15 is 0 Å². The molecule has 1 aromatic rings. The van der Waals surface area contributed by atoms with Crippen molar-refractivity contribution in [3.05, 3.63) is 30.3 Å². The summed E-state index contributed by atoms with van der Waals surface area (Å²) in [6, 6.07) is 9.29. The summed E-state index contributed by atoms with van der Waals surface area (Å²) in [4.78, 5) is 25.0. The highest BCUT2D eigenvalue weighted by molar-refractivity contribution is 5.98. The van der Waals surface area contributed by atoms with Crippen molar-refractivity contribution in [2.45, 2.75) is 25.8 Å². The molecule has 2 rings (SSSR count). The molecule has 1 amide bonds. The van der Waals surface area contributed by atoms with Crippen LogP contribution in [0.25, 0.3) is 0 Å². The second kappa shape index (κ2) is 6.52. The van der Waals surface area contributed by atoms with Crippen LogP contribution in [0.1, 0.15) is 19.8 Å². The molecule has 0 aliphatic carbocycles. The summed E-state index contributed by atoms with van der Waals surface area (Å²) in [7, 11) is 0. The minimum absolute atomic E-state index is 0.0908. The maximum atomic E-state index is 12.6. The van der Waals surface area contributed by atoms with Gasteiger partial charge in [0, 0.05) is 17.6 Å². The fourth-order valence-electron chi connectivity index (χ4n) is 2.62. The van der Waals surface area contributed by atoms with Gasteiger partial charge in [-0.1, -0.05) is 18.2 Å². The molecule has 1 saturated heterocycles. The maximum Gasteiger partial charge on any atom is 0.323 e. The van der Waals surface area contributed by atoms with Gasteiger partial charge in [-0.05, 0) is 38.4 Å². The lowest BCUT2D eigenvalue weighted by atomic mass is 9.92. The summed E-state index contributed by atoms with van der Waals surface area (Å²) < 4.78 is 0. The van der Waals surface area contributed by atoms with Crippen LogP contribution in [-0.4, -0.2) is 36.1 Å². The normalized spacial score (nSPS) is 22.2. The number of nitrogens with zero attached hydrogens (tertiary/aromatic N) is 1. The molecule has 1 aliphatic rings. The van der Waals surface area contributed by atoms with E-state index in [-0.39, 0.29) is 18.4 Å². The number of para-hydroxylation sites is 1. The Hall–Kier alpha value is -1.88. The molecule has 0 aromatic heterocycles. The minimum atomic E-state index is -0.996. The average molecular weight is 276 g/mol. The minimum Gasteiger partial charge on any atom is -0.480 e. The Balaban J connectivity index is 2.18. The summed E-state index contributed by atoms with van der Waals surface area (Å²) in [6.45, 7) is 2.55. The zero-order chi connectivity index (χ0) is 14.5. The van der Waals surface area contributed by atoms with Crippen LogP contribution in [0.2, 0.25) is 0 Å². The van der Waals surface area contributed by atoms with Crippen LogP contribution in [0.5, 0.6) is 0 Å². The number of aliphatic carboxylic acids is 1. The largest absolute Gasteiger partial charge is 0.480 e. The first kappa shape index (κ1) is 14.5. The van der Waals surface area contributed by atoms with Crippen molar-refractivity contribution in [2.24, 2.45) is 5.92 Å². The van der Waals surface area contributed by atoms with Crippen LogP contribution < -0.4 is 10.2 Å². The Morgan fingerprint density at radius 2 is 2.05 bits per heavy atom. The van der Waals surface area contributed by atoms with Crippen LogP contribution in [0.15, 0.2) is 30.3 Å². The van der Waals surface area contributed by atoms with Gasteiger partial charge in [-0.2, -0.15) is 0 Å². The van der Waals surface area contributed by atoms with Gasteiger partial charge in [-0.3, -0.25) is 9.59 Å². The van der Waals surface area contributed by atoms with Gasteiger partial charge in [-0.25, -0.2) is 0 Å². The third-order valence-electron chi connectivity index (χ3n) is 3.60.